The third-order valence-electron chi connectivity index (χ3n) is 3.31. The van der Waals surface area contributed by atoms with Crippen LogP contribution in [0.25, 0.3) is 0 Å². The SMILES string of the molecule is C[C@@H]1CNCCN1C(=O)CCOc1cccc(Cl)c1Cl. The van der Waals surface area contributed by atoms with Crippen LogP contribution in [0.5, 0.6) is 5.75 Å². The Morgan fingerprint density at radius 3 is 3.05 bits per heavy atom. The minimum atomic E-state index is 0.108. The van der Waals surface area contributed by atoms with Crippen LogP contribution in [0.1, 0.15) is 13.3 Å². The van der Waals surface area contributed by atoms with Gasteiger partial charge in [-0.25, -0.2) is 0 Å². The lowest BCUT2D eigenvalue weighted by Crippen LogP contribution is -2.52. The minimum absolute atomic E-state index is 0.108. The van der Waals surface area contributed by atoms with Crippen LogP contribution in [0.3, 0.4) is 0 Å². The number of benzene rings is 1. The molecule has 0 saturated carbocycles. The van der Waals surface area contributed by atoms with Crippen LogP contribution in [0.15, 0.2) is 18.2 Å². The molecule has 20 heavy (non-hydrogen) atoms. The number of ether oxygens (including phenoxy) is 1. The molecule has 1 fully saturated rings. The molecule has 1 aliphatic rings. The summed E-state index contributed by atoms with van der Waals surface area (Å²) >= 11 is 11.9. The van der Waals surface area contributed by atoms with E-state index in [0.29, 0.717) is 28.8 Å². The van der Waals surface area contributed by atoms with Crippen molar-refractivity contribution in [1.82, 2.24) is 10.2 Å². The molecule has 1 heterocycles. The number of halogens is 2. The molecule has 0 radical (unpaired) electrons. The number of piperazine rings is 1. The fourth-order valence-corrected chi connectivity index (χ4v) is 2.55. The quantitative estimate of drug-likeness (QED) is 0.928. The van der Waals surface area contributed by atoms with Crippen molar-refractivity contribution >= 4 is 29.1 Å². The van der Waals surface area contributed by atoms with Gasteiger partial charge in [0.25, 0.3) is 0 Å². The number of carbonyl (C=O) groups is 1. The summed E-state index contributed by atoms with van der Waals surface area (Å²) in [6, 6.07) is 5.44. The zero-order valence-corrected chi connectivity index (χ0v) is 12.9. The summed E-state index contributed by atoms with van der Waals surface area (Å²) in [7, 11) is 0. The number of amides is 1. The number of hydrogen-bond acceptors (Lipinski definition) is 3. The molecule has 0 bridgehead atoms. The van der Waals surface area contributed by atoms with Crippen molar-refractivity contribution in [3.8, 4) is 5.75 Å². The second-order valence-electron chi connectivity index (χ2n) is 4.79. The van der Waals surface area contributed by atoms with Crippen molar-refractivity contribution in [2.75, 3.05) is 26.2 Å². The molecule has 110 valence electrons. The van der Waals surface area contributed by atoms with Gasteiger partial charge in [-0.05, 0) is 19.1 Å². The van der Waals surface area contributed by atoms with E-state index in [9.17, 15) is 4.79 Å². The summed E-state index contributed by atoms with van der Waals surface area (Å²) in [4.78, 5) is 14.0. The monoisotopic (exact) mass is 316 g/mol. The molecule has 0 aliphatic carbocycles. The third-order valence-corrected chi connectivity index (χ3v) is 4.11. The number of nitrogens with zero attached hydrogens (tertiary/aromatic N) is 1. The highest BCUT2D eigenvalue weighted by Crippen LogP contribution is 2.31. The zero-order valence-electron chi connectivity index (χ0n) is 11.4. The molecular weight excluding hydrogens is 299 g/mol. The van der Waals surface area contributed by atoms with E-state index in [1.165, 1.54) is 0 Å². The largest absolute Gasteiger partial charge is 0.491 e. The predicted molar refractivity (Wildman–Crippen MR) is 80.6 cm³/mol. The Kier molecular flexibility index (Phi) is 5.52. The third kappa shape index (κ3) is 3.78. The Labute approximate surface area is 129 Å². The molecule has 2 rings (SSSR count). The molecule has 0 aromatic heterocycles. The van der Waals surface area contributed by atoms with Crippen molar-refractivity contribution in [3.63, 3.8) is 0 Å². The lowest BCUT2D eigenvalue weighted by molar-refractivity contribution is -0.134. The van der Waals surface area contributed by atoms with Crippen molar-refractivity contribution in [3.05, 3.63) is 28.2 Å². The molecule has 4 nitrogen and oxygen atoms in total. The number of rotatable bonds is 4. The van der Waals surface area contributed by atoms with E-state index >= 15 is 0 Å². The minimum Gasteiger partial charge on any atom is -0.491 e. The maximum absolute atomic E-state index is 12.1. The summed E-state index contributed by atoms with van der Waals surface area (Å²) < 4.78 is 5.53. The lowest BCUT2D eigenvalue weighted by Gasteiger charge is -2.34. The summed E-state index contributed by atoms with van der Waals surface area (Å²) in [6.07, 6.45) is 0.340. The van der Waals surface area contributed by atoms with Gasteiger partial charge in [-0.3, -0.25) is 4.79 Å². The van der Waals surface area contributed by atoms with Gasteiger partial charge < -0.3 is 15.0 Å². The number of hydrogen-bond donors (Lipinski definition) is 1. The van der Waals surface area contributed by atoms with Crippen LogP contribution in [0.4, 0.5) is 0 Å². The van der Waals surface area contributed by atoms with E-state index in [1.54, 1.807) is 18.2 Å². The molecule has 1 aliphatic heterocycles. The maximum atomic E-state index is 12.1. The molecule has 1 saturated heterocycles. The predicted octanol–water partition coefficient (Wildman–Crippen LogP) is 2.58. The number of nitrogens with one attached hydrogen (secondary N) is 1. The van der Waals surface area contributed by atoms with Gasteiger partial charge in [0, 0.05) is 25.7 Å². The Balaban J connectivity index is 1.83. The Hall–Kier alpha value is -0.970. The fourth-order valence-electron chi connectivity index (χ4n) is 2.20. The summed E-state index contributed by atoms with van der Waals surface area (Å²) in [6.45, 7) is 4.77. The van der Waals surface area contributed by atoms with Gasteiger partial charge in [-0.15, -0.1) is 0 Å². The van der Waals surface area contributed by atoms with Crippen LogP contribution in [0, 0.1) is 0 Å². The lowest BCUT2D eigenvalue weighted by atomic mass is 10.2. The van der Waals surface area contributed by atoms with Gasteiger partial charge in [-0.1, -0.05) is 29.3 Å². The van der Waals surface area contributed by atoms with Crippen LogP contribution in [-0.4, -0.2) is 43.1 Å². The molecule has 1 aromatic rings. The first-order valence-corrected chi connectivity index (χ1v) is 7.42. The van der Waals surface area contributed by atoms with Gasteiger partial charge in [0.2, 0.25) is 5.91 Å². The van der Waals surface area contributed by atoms with Gasteiger partial charge in [0.1, 0.15) is 10.8 Å². The molecule has 0 spiro atoms. The van der Waals surface area contributed by atoms with E-state index in [4.69, 9.17) is 27.9 Å². The van der Waals surface area contributed by atoms with E-state index in [1.807, 2.05) is 11.8 Å². The average Bonchev–Trinajstić information content (AvgIpc) is 2.44. The van der Waals surface area contributed by atoms with E-state index in [0.717, 1.165) is 19.6 Å². The van der Waals surface area contributed by atoms with Crippen LogP contribution < -0.4 is 10.1 Å². The van der Waals surface area contributed by atoms with E-state index in [-0.39, 0.29) is 11.9 Å². The normalized spacial score (nSPS) is 18.9. The Bertz CT molecular complexity index is 482. The highest BCUT2D eigenvalue weighted by atomic mass is 35.5. The molecule has 1 atom stereocenters. The van der Waals surface area contributed by atoms with Crippen LogP contribution in [-0.2, 0) is 4.79 Å². The van der Waals surface area contributed by atoms with Gasteiger partial charge in [0.05, 0.1) is 18.1 Å². The average molecular weight is 317 g/mol. The smallest absolute Gasteiger partial charge is 0.226 e. The van der Waals surface area contributed by atoms with Gasteiger partial charge >= 0.3 is 0 Å². The van der Waals surface area contributed by atoms with Crippen LogP contribution in [0.2, 0.25) is 10.0 Å². The zero-order chi connectivity index (χ0) is 14.5. The maximum Gasteiger partial charge on any atom is 0.226 e. The molecule has 6 heteroatoms. The van der Waals surface area contributed by atoms with Crippen molar-refractivity contribution < 1.29 is 9.53 Å². The molecule has 1 aromatic carbocycles. The fraction of sp³-hybridized carbons (Fsp3) is 0.500. The van der Waals surface area contributed by atoms with Gasteiger partial charge in [-0.2, -0.15) is 0 Å². The second kappa shape index (κ2) is 7.16. The Morgan fingerprint density at radius 2 is 2.30 bits per heavy atom. The number of carbonyl (C=O) groups excluding carboxylic acids is 1. The van der Waals surface area contributed by atoms with Crippen molar-refractivity contribution in [2.24, 2.45) is 0 Å². The molecule has 1 amide bonds. The standard InChI is InChI=1S/C14H18Cl2N2O2/c1-10-9-17-6-7-18(10)13(19)5-8-20-12-4-2-3-11(15)14(12)16/h2-4,10,17H,5-9H2,1H3/t10-/m1/s1. The van der Waals surface area contributed by atoms with Crippen LogP contribution >= 0.6 is 23.2 Å². The van der Waals surface area contributed by atoms with Crippen molar-refractivity contribution in [1.29, 1.82) is 0 Å². The molecular formula is C14H18Cl2N2O2. The summed E-state index contributed by atoms with van der Waals surface area (Å²) in [5.74, 6) is 0.623. The summed E-state index contributed by atoms with van der Waals surface area (Å²) in [5, 5.41) is 4.09. The van der Waals surface area contributed by atoms with E-state index in [2.05, 4.69) is 5.32 Å². The highest BCUT2D eigenvalue weighted by Gasteiger charge is 2.22. The molecule has 1 N–H and O–H groups in total. The first-order valence-electron chi connectivity index (χ1n) is 6.66. The van der Waals surface area contributed by atoms with Crippen molar-refractivity contribution in [2.45, 2.75) is 19.4 Å². The topological polar surface area (TPSA) is 41.6 Å². The second-order valence-corrected chi connectivity index (χ2v) is 5.58. The molecule has 0 unspecified atom stereocenters. The Morgan fingerprint density at radius 1 is 1.50 bits per heavy atom. The summed E-state index contributed by atoms with van der Waals surface area (Å²) in [5.41, 5.74) is 0. The van der Waals surface area contributed by atoms with Gasteiger partial charge in [0.15, 0.2) is 0 Å². The first kappa shape index (κ1) is 15.4. The highest BCUT2D eigenvalue weighted by molar-refractivity contribution is 6.42. The van der Waals surface area contributed by atoms with E-state index < -0.39 is 0 Å². The first-order chi connectivity index (χ1) is 9.59.